The summed E-state index contributed by atoms with van der Waals surface area (Å²) in [6.45, 7) is 3.58. The van der Waals surface area contributed by atoms with Gasteiger partial charge in [0.1, 0.15) is 0 Å². The minimum absolute atomic E-state index is 0.142. The second-order valence-corrected chi connectivity index (χ2v) is 5.08. The van der Waals surface area contributed by atoms with Gasteiger partial charge in [-0.1, -0.05) is 17.7 Å². The fraction of sp³-hybridized carbons (Fsp3) is 0.222. The molecule has 0 N–H and O–H groups in total. The molecule has 4 heteroatoms. The van der Waals surface area contributed by atoms with E-state index in [9.17, 15) is 4.79 Å². The standard InChI is InChI=1S/C9H9ClOS2/c1-2-5-12-6-7(11)8-3-4-9(10)13-8/h2-4H,1,5-6H2. The van der Waals surface area contributed by atoms with Crippen LogP contribution in [0.5, 0.6) is 0 Å². The Kier molecular flexibility index (Phi) is 4.56. The van der Waals surface area contributed by atoms with Gasteiger partial charge in [-0.3, -0.25) is 4.79 Å². The summed E-state index contributed by atoms with van der Waals surface area (Å²) >= 11 is 8.60. The normalized spacial score (nSPS) is 9.92. The van der Waals surface area contributed by atoms with Crippen molar-refractivity contribution >= 4 is 40.5 Å². The average molecular weight is 233 g/mol. The molecule has 0 unspecified atom stereocenters. The summed E-state index contributed by atoms with van der Waals surface area (Å²) < 4.78 is 0.664. The second-order valence-electron chi connectivity index (χ2n) is 2.33. The lowest BCUT2D eigenvalue weighted by Gasteiger charge is -1.94. The van der Waals surface area contributed by atoms with E-state index in [1.165, 1.54) is 11.3 Å². The van der Waals surface area contributed by atoms with E-state index < -0.39 is 0 Å². The lowest BCUT2D eigenvalue weighted by atomic mass is 10.4. The number of thiophene rings is 1. The molecule has 0 fully saturated rings. The molecule has 0 saturated carbocycles. The van der Waals surface area contributed by atoms with Gasteiger partial charge in [0, 0.05) is 5.75 Å². The molecule has 1 heterocycles. The molecule has 1 rings (SSSR count). The Hall–Kier alpha value is -0.250. The molecule has 13 heavy (non-hydrogen) atoms. The fourth-order valence-corrected chi connectivity index (χ4v) is 2.47. The van der Waals surface area contributed by atoms with Crippen molar-refractivity contribution in [3.63, 3.8) is 0 Å². The van der Waals surface area contributed by atoms with Crippen LogP contribution < -0.4 is 0 Å². The number of hydrogen-bond acceptors (Lipinski definition) is 3. The first-order valence-electron chi connectivity index (χ1n) is 3.71. The summed E-state index contributed by atoms with van der Waals surface area (Å²) in [4.78, 5) is 12.2. The van der Waals surface area contributed by atoms with Crippen LogP contribution in [0, 0.1) is 0 Å². The summed E-state index contributed by atoms with van der Waals surface area (Å²) in [5, 5.41) is 0. The quantitative estimate of drug-likeness (QED) is 0.439. The van der Waals surface area contributed by atoms with E-state index in [-0.39, 0.29) is 5.78 Å². The number of hydrogen-bond donors (Lipinski definition) is 0. The average Bonchev–Trinajstić information content (AvgIpc) is 2.52. The number of carbonyl (C=O) groups is 1. The highest BCUT2D eigenvalue weighted by molar-refractivity contribution is 8.00. The molecule has 0 saturated heterocycles. The Morgan fingerprint density at radius 2 is 2.46 bits per heavy atom. The third-order valence-electron chi connectivity index (χ3n) is 1.32. The summed E-state index contributed by atoms with van der Waals surface area (Å²) in [5.74, 6) is 1.46. The maximum atomic E-state index is 11.4. The molecule has 0 bridgehead atoms. The highest BCUT2D eigenvalue weighted by Gasteiger charge is 2.07. The zero-order valence-corrected chi connectivity index (χ0v) is 9.35. The molecule has 70 valence electrons. The molecular formula is C9H9ClOS2. The summed E-state index contributed by atoms with van der Waals surface area (Å²) in [5.41, 5.74) is 0. The van der Waals surface area contributed by atoms with Crippen LogP contribution in [0.4, 0.5) is 0 Å². The van der Waals surface area contributed by atoms with Gasteiger partial charge in [0.05, 0.1) is 15.0 Å². The zero-order chi connectivity index (χ0) is 9.68. The number of Topliss-reactive ketones (excluding diaryl/α,β-unsaturated/α-hetero) is 1. The molecule has 1 aromatic heterocycles. The van der Waals surface area contributed by atoms with Crippen molar-refractivity contribution in [2.24, 2.45) is 0 Å². The number of ketones is 1. The number of rotatable bonds is 5. The van der Waals surface area contributed by atoms with E-state index in [4.69, 9.17) is 11.6 Å². The van der Waals surface area contributed by atoms with E-state index in [2.05, 4.69) is 6.58 Å². The highest BCUT2D eigenvalue weighted by Crippen LogP contribution is 2.22. The fourth-order valence-electron chi connectivity index (χ4n) is 0.770. The van der Waals surface area contributed by atoms with Crippen LogP contribution in [-0.2, 0) is 0 Å². The molecule has 0 aliphatic carbocycles. The molecule has 1 nitrogen and oxygen atoms in total. The monoisotopic (exact) mass is 232 g/mol. The first-order chi connectivity index (χ1) is 6.24. The van der Waals surface area contributed by atoms with E-state index in [0.717, 1.165) is 10.6 Å². The van der Waals surface area contributed by atoms with E-state index in [1.54, 1.807) is 30.0 Å². The van der Waals surface area contributed by atoms with Crippen LogP contribution in [0.1, 0.15) is 9.67 Å². The Balaban J connectivity index is 2.44. The third kappa shape index (κ3) is 3.55. The summed E-state index contributed by atoms with van der Waals surface area (Å²) in [6.07, 6.45) is 1.79. The Labute approximate surface area is 90.8 Å². The summed E-state index contributed by atoms with van der Waals surface area (Å²) in [6, 6.07) is 3.52. The van der Waals surface area contributed by atoms with Crippen LogP contribution >= 0.6 is 34.7 Å². The van der Waals surface area contributed by atoms with Crippen molar-refractivity contribution in [1.82, 2.24) is 0 Å². The molecule has 0 aliphatic rings. The molecule has 0 atom stereocenters. The van der Waals surface area contributed by atoms with E-state index in [0.29, 0.717) is 10.1 Å². The Morgan fingerprint density at radius 1 is 1.69 bits per heavy atom. The van der Waals surface area contributed by atoms with Crippen molar-refractivity contribution < 1.29 is 4.79 Å². The van der Waals surface area contributed by atoms with Gasteiger partial charge < -0.3 is 0 Å². The maximum absolute atomic E-state index is 11.4. The smallest absolute Gasteiger partial charge is 0.182 e. The van der Waals surface area contributed by atoms with Gasteiger partial charge in [-0.15, -0.1) is 29.7 Å². The minimum Gasteiger partial charge on any atom is -0.292 e. The van der Waals surface area contributed by atoms with Crippen LogP contribution in [0.3, 0.4) is 0 Å². The first-order valence-corrected chi connectivity index (χ1v) is 6.06. The Bertz CT molecular complexity index is 306. The molecule has 1 aromatic rings. The van der Waals surface area contributed by atoms with Crippen molar-refractivity contribution in [2.45, 2.75) is 0 Å². The topological polar surface area (TPSA) is 17.1 Å². The van der Waals surface area contributed by atoms with Crippen molar-refractivity contribution in [2.75, 3.05) is 11.5 Å². The van der Waals surface area contributed by atoms with Gasteiger partial charge in [-0.25, -0.2) is 0 Å². The number of halogens is 1. The van der Waals surface area contributed by atoms with Crippen LogP contribution in [0.25, 0.3) is 0 Å². The van der Waals surface area contributed by atoms with Crippen LogP contribution in [0.15, 0.2) is 24.8 Å². The van der Waals surface area contributed by atoms with Gasteiger partial charge in [0.15, 0.2) is 5.78 Å². The van der Waals surface area contributed by atoms with Gasteiger partial charge >= 0.3 is 0 Å². The van der Waals surface area contributed by atoms with Crippen molar-refractivity contribution in [3.8, 4) is 0 Å². The number of thioether (sulfide) groups is 1. The van der Waals surface area contributed by atoms with Crippen LogP contribution in [0.2, 0.25) is 4.34 Å². The summed E-state index contributed by atoms with van der Waals surface area (Å²) in [7, 11) is 0. The van der Waals surface area contributed by atoms with Gasteiger partial charge in [-0.2, -0.15) is 0 Å². The Morgan fingerprint density at radius 3 is 3.00 bits per heavy atom. The minimum atomic E-state index is 0.142. The first kappa shape index (κ1) is 10.8. The van der Waals surface area contributed by atoms with Gasteiger partial charge in [-0.05, 0) is 12.1 Å². The van der Waals surface area contributed by atoms with Crippen molar-refractivity contribution in [3.05, 3.63) is 34.0 Å². The van der Waals surface area contributed by atoms with Crippen molar-refractivity contribution in [1.29, 1.82) is 0 Å². The molecular weight excluding hydrogens is 224 g/mol. The predicted molar refractivity (Wildman–Crippen MR) is 61.2 cm³/mol. The van der Waals surface area contributed by atoms with E-state index in [1.807, 2.05) is 0 Å². The molecule has 0 radical (unpaired) electrons. The maximum Gasteiger partial charge on any atom is 0.182 e. The lowest BCUT2D eigenvalue weighted by molar-refractivity contribution is 0.102. The second kappa shape index (κ2) is 5.47. The van der Waals surface area contributed by atoms with E-state index >= 15 is 0 Å². The zero-order valence-electron chi connectivity index (χ0n) is 6.96. The largest absolute Gasteiger partial charge is 0.292 e. The molecule has 0 aliphatic heterocycles. The van der Waals surface area contributed by atoms with Gasteiger partial charge in [0.25, 0.3) is 0 Å². The molecule has 0 aromatic carbocycles. The molecule has 0 amide bonds. The third-order valence-corrected chi connectivity index (χ3v) is 3.53. The molecule has 0 spiro atoms. The highest BCUT2D eigenvalue weighted by atomic mass is 35.5. The predicted octanol–water partition coefficient (Wildman–Crippen LogP) is 3.50. The lowest BCUT2D eigenvalue weighted by Crippen LogP contribution is -1.99. The number of carbonyl (C=O) groups excluding carboxylic acids is 1. The van der Waals surface area contributed by atoms with Gasteiger partial charge in [0.2, 0.25) is 0 Å². The van der Waals surface area contributed by atoms with Crippen LogP contribution in [-0.4, -0.2) is 17.3 Å². The SMILES string of the molecule is C=CCSCC(=O)c1ccc(Cl)s1.